The standard InChI is InChI=1S/C27H33N9O6/c1-13-7-19(34-31-13)25(37)28-10-16-22(40-4)17(11-29-26(38)20-8-14(2)32-35-20)24(42-6)18(23(16)41-5)12-30-27(39)21-9-15(3)33-36-21/h7-9H,10-12H2,1-6H3,(H,28,37)(H,29,38)(H,30,39)(H,31,34)(H,32,35)(H,33,36). The van der Waals surface area contributed by atoms with Gasteiger partial charge in [0.05, 0.1) is 57.7 Å². The van der Waals surface area contributed by atoms with Crippen molar-refractivity contribution in [2.45, 2.75) is 40.4 Å². The van der Waals surface area contributed by atoms with E-state index in [0.717, 1.165) is 17.1 Å². The molecule has 0 saturated carbocycles. The van der Waals surface area contributed by atoms with Gasteiger partial charge in [0.15, 0.2) is 0 Å². The lowest BCUT2D eigenvalue weighted by molar-refractivity contribution is 0.0938. The number of rotatable bonds is 12. The molecule has 3 amide bonds. The molecule has 0 saturated heterocycles. The minimum Gasteiger partial charge on any atom is -0.496 e. The number of H-pyrrole nitrogens is 3. The minimum atomic E-state index is -0.424. The van der Waals surface area contributed by atoms with Gasteiger partial charge >= 0.3 is 0 Å². The van der Waals surface area contributed by atoms with E-state index in [1.807, 2.05) is 0 Å². The summed E-state index contributed by atoms with van der Waals surface area (Å²) in [7, 11) is 4.38. The van der Waals surface area contributed by atoms with Crippen molar-refractivity contribution in [2.75, 3.05) is 21.3 Å². The van der Waals surface area contributed by atoms with Crippen LogP contribution in [-0.2, 0) is 19.6 Å². The van der Waals surface area contributed by atoms with Gasteiger partial charge < -0.3 is 30.2 Å². The fraction of sp³-hybridized carbons (Fsp3) is 0.333. The quantitative estimate of drug-likeness (QED) is 0.144. The topological polar surface area (TPSA) is 201 Å². The molecule has 4 aromatic rings. The van der Waals surface area contributed by atoms with E-state index in [1.165, 1.54) is 21.3 Å². The van der Waals surface area contributed by atoms with Crippen LogP contribution in [0.4, 0.5) is 0 Å². The molecular formula is C27H33N9O6. The SMILES string of the molecule is COc1c(CNC(=O)c2cc(C)[nH]n2)c(OC)c(CNC(=O)c2cc(C)[nH]n2)c(OC)c1CNC(=O)c1cc(C)[nH]n1. The summed E-state index contributed by atoms with van der Waals surface area (Å²) >= 11 is 0. The molecule has 3 heterocycles. The predicted molar refractivity (Wildman–Crippen MR) is 150 cm³/mol. The second kappa shape index (κ2) is 12.9. The lowest BCUT2D eigenvalue weighted by atomic mass is 9.99. The first kappa shape index (κ1) is 29.6. The summed E-state index contributed by atoms with van der Waals surface area (Å²) in [5, 5.41) is 28.7. The second-order valence-electron chi connectivity index (χ2n) is 9.39. The maximum Gasteiger partial charge on any atom is 0.272 e. The average molecular weight is 580 g/mol. The maximum absolute atomic E-state index is 12.8. The second-order valence-corrected chi connectivity index (χ2v) is 9.39. The third kappa shape index (κ3) is 6.35. The zero-order valence-electron chi connectivity index (χ0n) is 24.1. The van der Waals surface area contributed by atoms with Crippen LogP contribution < -0.4 is 30.2 Å². The Morgan fingerprint density at radius 1 is 0.571 bits per heavy atom. The lowest BCUT2D eigenvalue weighted by Gasteiger charge is -2.24. The molecule has 4 rings (SSSR count). The van der Waals surface area contributed by atoms with Gasteiger partial charge in [-0.05, 0) is 39.0 Å². The van der Waals surface area contributed by atoms with Gasteiger partial charge in [-0.1, -0.05) is 0 Å². The highest BCUT2D eigenvalue weighted by Gasteiger charge is 2.28. The molecule has 0 spiro atoms. The van der Waals surface area contributed by atoms with Gasteiger partial charge in [-0.15, -0.1) is 0 Å². The molecule has 15 heteroatoms. The van der Waals surface area contributed by atoms with E-state index in [0.29, 0.717) is 33.9 Å². The van der Waals surface area contributed by atoms with Gasteiger partial charge in [0, 0.05) is 17.1 Å². The van der Waals surface area contributed by atoms with E-state index >= 15 is 0 Å². The number of nitrogens with one attached hydrogen (secondary N) is 6. The maximum atomic E-state index is 12.8. The highest BCUT2D eigenvalue weighted by atomic mass is 16.5. The summed E-state index contributed by atoms with van der Waals surface area (Å²) < 4.78 is 17.4. The van der Waals surface area contributed by atoms with E-state index < -0.39 is 17.7 Å². The number of methoxy groups -OCH3 is 3. The summed E-state index contributed by atoms with van der Waals surface area (Å²) in [6.07, 6.45) is 0. The Bertz CT molecular complexity index is 1400. The predicted octanol–water partition coefficient (Wildman–Crippen LogP) is 1.60. The van der Waals surface area contributed by atoms with Crippen molar-refractivity contribution < 1.29 is 28.6 Å². The number of benzene rings is 1. The Labute approximate surface area is 241 Å². The van der Waals surface area contributed by atoms with E-state index in [1.54, 1.807) is 39.0 Å². The molecule has 0 aliphatic rings. The van der Waals surface area contributed by atoms with E-state index in [2.05, 4.69) is 46.5 Å². The molecule has 6 N–H and O–H groups in total. The monoisotopic (exact) mass is 579 g/mol. The van der Waals surface area contributed by atoms with Crippen LogP contribution in [0.2, 0.25) is 0 Å². The van der Waals surface area contributed by atoms with Gasteiger partial charge in [-0.25, -0.2) is 0 Å². The van der Waals surface area contributed by atoms with Crippen molar-refractivity contribution >= 4 is 17.7 Å². The number of aryl methyl sites for hydroxylation is 3. The molecular weight excluding hydrogens is 546 g/mol. The summed E-state index contributed by atoms with van der Waals surface area (Å²) in [5.41, 5.74) is 4.20. The van der Waals surface area contributed by atoms with Crippen LogP contribution in [0.5, 0.6) is 17.2 Å². The molecule has 42 heavy (non-hydrogen) atoms. The molecule has 222 valence electrons. The highest BCUT2D eigenvalue weighted by molar-refractivity contribution is 5.93. The number of nitrogens with zero attached hydrogens (tertiary/aromatic N) is 3. The van der Waals surface area contributed by atoms with Crippen molar-refractivity contribution in [2.24, 2.45) is 0 Å². The Morgan fingerprint density at radius 3 is 1.02 bits per heavy atom. The Hall–Kier alpha value is -5.34. The van der Waals surface area contributed by atoms with Crippen LogP contribution in [0.15, 0.2) is 18.2 Å². The van der Waals surface area contributed by atoms with Gasteiger partial charge in [-0.2, -0.15) is 15.3 Å². The van der Waals surface area contributed by atoms with E-state index in [-0.39, 0.29) is 36.7 Å². The largest absolute Gasteiger partial charge is 0.496 e. The summed E-state index contributed by atoms with van der Waals surface area (Å²) in [6.45, 7) is 5.28. The molecule has 0 bridgehead atoms. The number of carbonyl (C=O) groups is 3. The Kier molecular flexibility index (Phi) is 9.09. The Balaban J connectivity index is 1.73. The molecule has 1 aromatic carbocycles. The third-order valence-electron chi connectivity index (χ3n) is 6.35. The van der Waals surface area contributed by atoms with Crippen LogP contribution in [0.1, 0.15) is 65.2 Å². The molecule has 15 nitrogen and oxygen atoms in total. The normalized spacial score (nSPS) is 10.7. The van der Waals surface area contributed by atoms with Gasteiger partial charge in [-0.3, -0.25) is 29.7 Å². The number of carbonyl (C=O) groups excluding carboxylic acids is 3. The lowest BCUT2D eigenvalue weighted by Crippen LogP contribution is -2.28. The first-order valence-electron chi connectivity index (χ1n) is 12.9. The first-order valence-corrected chi connectivity index (χ1v) is 12.9. The van der Waals surface area contributed by atoms with Crippen molar-refractivity contribution in [1.82, 2.24) is 46.5 Å². The van der Waals surface area contributed by atoms with Crippen molar-refractivity contribution in [3.05, 3.63) is 69.1 Å². The number of hydrogen-bond donors (Lipinski definition) is 6. The van der Waals surface area contributed by atoms with Crippen molar-refractivity contribution in [3.8, 4) is 17.2 Å². The number of amides is 3. The van der Waals surface area contributed by atoms with Crippen molar-refractivity contribution in [1.29, 1.82) is 0 Å². The molecule has 0 fully saturated rings. The third-order valence-corrected chi connectivity index (χ3v) is 6.35. The molecule has 0 unspecified atom stereocenters. The highest BCUT2D eigenvalue weighted by Crippen LogP contribution is 2.44. The van der Waals surface area contributed by atoms with Crippen LogP contribution in [0.25, 0.3) is 0 Å². The fourth-order valence-electron chi connectivity index (χ4n) is 4.46. The zero-order valence-corrected chi connectivity index (χ0v) is 24.1. The van der Waals surface area contributed by atoms with Crippen LogP contribution in [0.3, 0.4) is 0 Å². The molecule has 0 atom stereocenters. The summed E-state index contributed by atoms with van der Waals surface area (Å²) in [5.74, 6) is -0.318. The molecule has 3 aromatic heterocycles. The number of hydrogen-bond acceptors (Lipinski definition) is 9. The van der Waals surface area contributed by atoms with Crippen molar-refractivity contribution in [3.63, 3.8) is 0 Å². The molecule has 0 radical (unpaired) electrons. The molecule has 0 aliphatic heterocycles. The van der Waals surface area contributed by atoms with Gasteiger partial charge in [0.2, 0.25) is 0 Å². The number of aromatic nitrogens is 6. The summed E-state index contributed by atoms with van der Waals surface area (Å²) in [6, 6.07) is 4.85. The van der Waals surface area contributed by atoms with E-state index in [4.69, 9.17) is 14.2 Å². The van der Waals surface area contributed by atoms with Gasteiger partial charge in [0.25, 0.3) is 17.7 Å². The van der Waals surface area contributed by atoms with Crippen LogP contribution >= 0.6 is 0 Å². The molecule has 0 aliphatic carbocycles. The smallest absolute Gasteiger partial charge is 0.272 e. The average Bonchev–Trinajstić information content (AvgIpc) is 3.73. The zero-order chi connectivity index (χ0) is 30.4. The summed E-state index contributed by atoms with van der Waals surface area (Å²) in [4.78, 5) is 38.5. The van der Waals surface area contributed by atoms with Gasteiger partial charge in [0.1, 0.15) is 34.3 Å². The number of ether oxygens (including phenoxy) is 3. The minimum absolute atomic E-state index is 0.0277. The number of aromatic amines is 3. The van der Waals surface area contributed by atoms with E-state index in [9.17, 15) is 14.4 Å². The van der Waals surface area contributed by atoms with Crippen LogP contribution in [-0.4, -0.2) is 69.6 Å². The fourth-order valence-corrected chi connectivity index (χ4v) is 4.46. The first-order chi connectivity index (χ1) is 20.2. The van der Waals surface area contributed by atoms with Crippen LogP contribution in [0, 0.1) is 20.8 Å². The Morgan fingerprint density at radius 2 is 0.833 bits per heavy atom.